The lowest BCUT2D eigenvalue weighted by Gasteiger charge is -1.94. The van der Waals surface area contributed by atoms with Crippen LogP contribution in [0.4, 0.5) is 0 Å². The number of aromatic nitrogens is 2. The zero-order valence-corrected chi connectivity index (χ0v) is 7.74. The molecule has 0 amide bonds. The van der Waals surface area contributed by atoms with Gasteiger partial charge in [-0.1, -0.05) is 19.1 Å². The second-order valence-corrected chi connectivity index (χ2v) is 3.37. The van der Waals surface area contributed by atoms with Crippen LogP contribution in [0, 0.1) is 5.92 Å². The highest BCUT2D eigenvalue weighted by atomic mass is 16.1. The van der Waals surface area contributed by atoms with Crippen LogP contribution in [0.25, 0.3) is 12.2 Å². The van der Waals surface area contributed by atoms with Gasteiger partial charge in [0.15, 0.2) is 0 Å². The highest BCUT2D eigenvalue weighted by Crippen LogP contribution is 2.15. The maximum atomic E-state index is 11.2. The van der Waals surface area contributed by atoms with Gasteiger partial charge in [-0.3, -0.25) is 4.57 Å². The molecular weight excluding hydrogens is 164 g/mol. The molecule has 0 fully saturated rings. The number of nitrogens with zero attached hydrogens (tertiary/aromatic N) is 1. The third kappa shape index (κ3) is 1.26. The van der Waals surface area contributed by atoms with Gasteiger partial charge in [0.1, 0.15) is 0 Å². The molecule has 1 aliphatic rings. The van der Waals surface area contributed by atoms with Gasteiger partial charge in [-0.2, -0.15) is 0 Å². The van der Waals surface area contributed by atoms with Crippen LogP contribution in [0.3, 0.4) is 0 Å². The molecule has 2 rings (SSSR count). The van der Waals surface area contributed by atoms with Gasteiger partial charge >= 0.3 is 5.69 Å². The van der Waals surface area contributed by atoms with Gasteiger partial charge in [0.25, 0.3) is 0 Å². The second-order valence-electron chi connectivity index (χ2n) is 3.37. The molecule has 0 aliphatic heterocycles. The van der Waals surface area contributed by atoms with Crippen molar-refractivity contribution >= 4 is 12.2 Å². The van der Waals surface area contributed by atoms with E-state index in [1.165, 1.54) is 0 Å². The van der Waals surface area contributed by atoms with Crippen LogP contribution in [-0.2, 0) is 7.05 Å². The molecule has 0 saturated carbocycles. The monoisotopic (exact) mass is 176 g/mol. The summed E-state index contributed by atoms with van der Waals surface area (Å²) >= 11 is 0. The van der Waals surface area contributed by atoms with E-state index in [1.807, 2.05) is 12.2 Å². The molecule has 1 atom stereocenters. The van der Waals surface area contributed by atoms with E-state index in [1.54, 1.807) is 11.6 Å². The van der Waals surface area contributed by atoms with Gasteiger partial charge in [0, 0.05) is 7.05 Å². The molecule has 1 aromatic rings. The molecule has 1 heterocycles. The summed E-state index contributed by atoms with van der Waals surface area (Å²) in [5.41, 5.74) is 1.78. The minimum Gasteiger partial charge on any atom is -0.306 e. The molecule has 0 radical (unpaired) electrons. The maximum Gasteiger partial charge on any atom is 0.326 e. The Labute approximate surface area is 76.4 Å². The highest BCUT2D eigenvalue weighted by Gasteiger charge is 2.08. The summed E-state index contributed by atoms with van der Waals surface area (Å²) in [6.45, 7) is 2.11. The number of aromatic amines is 1. The standard InChI is InChI=1S/C10H12N2O/c1-7-3-5-8-9(6-4-7)12(2)10(13)11-8/h3-7H,1-2H3,(H,11,13). The number of H-pyrrole nitrogens is 1. The van der Waals surface area contributed by atoms with Crippen molar-refractivity contribution in [2.75, 3.05) is 0 Å². The van der Waals surface area contributed by atoms with Crippen LogP contribution in [0.5, 0.6) is 0 Å². The van der Waals surface area contributed by atoms with E-state index in [-0.39, 0.29) is 5.69 Å². The van der Waals surface area contributed by atoms with Crippen LogP contribution in [-0.4, -0.2) is 9.55 Å². The molecular formula is C10H12N2O. The average molecular weight is 176 g/mol. The van der Waals surface area contributed by atoms with Crippen molar-refractivity contribution in [3.05, 3.63) is 34.0 Å². The van der Waals surface area contributed by atoms with Gasteiger partial charge in [0.05, 0.1) is 11.4 Å². The van der Waals surface area contributed by atoms with Crippen LogP contribution in [0.1, 0.15) is 18.3 Å². The number of hydrogen-bond acceptors (Lipinski definition) is 1. The number of allylic oxidation sites excluding steroid dienone is 2. The zero-order chi connectivity index (χ0) is 9.42. The summed E-state index contributed by atoms with van der Waals surface area (Å²) in [4.78, 5) is 14.0. The van der Waals surface area contributed by atoms with E-state index in [2.05, 4.69) is 24.1 Å². The van der Waals surface area contributed by atoms with Crippen molar-refractivity contribution in [3.63, 3.8) is 0 Å². The first-order chi connectivity index (χ1) is 6.18. The molecule has 3 heteroatoms. The quantitative estimate of drug-likeness (QED) is 0.637. The largest absolute Gasteiger partial charge is 0.326 e. The summed E-state index contributed by atoms with van der Waals surface area (Å²) in [5, 5.41) is 0. The van der Waals surface area contributed by atoms with Gasteiger partial charge in [-0.15, -0.1) is 0 Å². The summed E-state index contributed by atoms with van der Waals surface area (Å²) in [6.07, 6.45) is 8.09. The van der Waals surface area contributed by atoms with Gasteiger partial charge in [-0.05, 0) is 18.1 Å². The molecule has 1 N–H and O–H groups in total. The zero-order valence-electron chi connectivity index (χ0n) is 7.74. The fraction of sp³-hybridized carbons (Fsp3) is 0.300. The smallest absolute Gasteiger partial charge is 0.306 e. The van der Waals surface area contributed by atoms with Crippen molar-refractivity contribution in [2.45, 2.75) is 6.92 Å². The average Bonchev–Trinajstić information content (AvgIpc) is 2.28. The number of rotatable bonds is 0. The summed E-state index contributed by atoms with van der Waals surface area (Å²) in [7, 11) is 1.77. The molecule has 0 spiro atoms. The van der Waals surface area contributed by atoms with Crippen LogP contribution >= 0.6 is 0 Å². The van der Waals surface area contributed by atoms with Crippen LogP contribution in [0.15, 0.2) is 16.9 Å². The van der Waals surface area contributed by atoms with E-state index in [0.29, 0.717) is 5.92 Å². The topological polar surface area (TPSA) is 37.8 Å². The van der Waals surface area contributed by atoms with E-state index in [4.69, 9.17) is 0 Å². The number of imidazole rings is 1. The van der Waals surface area contributed by atoms with Crippen molar-refractivity contribution in [3.8, 4) is 0 Å². The summed E-state index contributed by atoms with van der Waals surface area (Å²) in [5.74, 6) is 0.427. The van der Waals surface area contributed by atoms with Gasteiger partial charge in [0.2, 0.25) is 0 Å². The van der Waals surface area contributed by atoms with Crippen LogP contribution < -0.4 is 5.69 Å². The lowest BCUT2D eigenvalue weighted by molar-refractivity contribution is 0.851. The Morgan fingerprint density at radius 1 is 1.38 bits per heavy atom. The van der Waals surface area contributed by atoms with Crippen molar-refractivity contribution in [1.29, 1.82) is 0 Å². The molecule has 1 unspecified atom stereocenters. The van der Waals surface area contributed by atoms with Crippen LogP contribution in [0.2, 0.25) is 0 Å². The lowest BCUT2D eigenvalue weighted by atomic mass is 10.2. The highest BCUT2D eigenvalue weighted by molar-refractivity contribution is 5.62. The Bertz CT molecular complexity index is 434. The molecule has 0 aromatic carbocycles. The molecule has 1 aromatic heterocycles. The van der Waals surface area contributed by atoms with Crippen molar-refractivity contribution in [1.82, 2.24) is 9.55 Å². The predicted octanol–water partition coefficient (Wildman–Crippen LogP) is 1.39. The van der Waals surface area contributed by atoms with E-state index in [9.17, 15) is 4.79 Å². The fourth-order valence-corrected chi connectivity index (χ4v) is 1.44. The predicted molar refractivity (Wildman–Crippen MR) is 53.3 cm³/mol. The third-order valence-electron chi connectivity index (χ3n) is 2.31. The van der Waals surface area contributed by atoms with E-state index in [0.717, 1.165) is 11.4 Å². The second kappa shape index (κ2) is 2.76. The van der Waals surface area contributed by atoms with E-state index < -0.39 is 0 Å². The maximum absolute atomic E-state index is 11.2. The molecule has 0 bridgehead atoms. The Balaban J connectivity index is 2.64. The first-order valence-corrected chi connectivity index (χ1v) is 4.34. The number of nitrogens with one attached hydrogen (secondary N) is 1. The third-order valence-corrected chi connectivity index (χ3v) is 2.31. The first kappa shape index (κ1) is 8.10. The number of fused-ring (bicyclic) bond motifs is 1. The molecule has 68 valence electrons. The first-order valence-electron chi connectivity index (χ1n) is 4.34. The van der Waals surface area contributed by atoms with Crippen molar-refractivity contribution in [2.24, 2.45) is 13.0 Å². The minimum atomic E-state index is -0.0612. The van der Waals surface area contributed by atoms with E-state index >= 15 is 0 Å². The van der Waals surface area contributed by atoms with Gasteiger partial charge < -0.3 is 4.98 Å². The number of hydrogen-bond donors (Lipinski definition) is 1. The lowest BCUT2D eigenvalue weighted by Crippen LogP contribution is -2.13. The van der Waals surface area contributed by atoms with Gasteiger partial charge in [-0.25, -0.2) is 4.79 Å². The van der Waals surface area contributed by atoms with Crippen molar-refractivity contribution < 1.29 is 0 Å². The Kier molecular flexibility index (Phi) is 1.72. The molecule has 1 aliphatic carbocycles. The summed E-state index contributed by atoms with van der Waals surface area (Å²) < 4.78 is 1.62. The molecule has 13 heavy (non-hydrogen) atoms. The Morgan fingerprint density at radius 2 is 2.08 bits per heavy atom. The fourth-order valence-electron chi connectivity index (χ4n) is 1.44. The Morgan fingerprint density at radius 3 is 2.85 bits per heavy atom. The summed E-state index contributed by atoms with van der Waals surface area (Å²) in [6, 6.07) is 0. The SMILES string of the molecule is CC1C=Cc2[nH]c(=O)n(C)c2C=C1. The molecule has 0 saturated heterocycles. The minimum absolute atomic E-state index is 0.0612. The normalized spacial score (nSPS) is 20.0. The Hall–Kier alpha value is -1.51. The molecule has 3 nitrogen and oxygen atoms in total.